The maximum absolute atomic E-state index is 6.20. The van der Waals surface area contributed by atoms with Crippen LogP contribution >= 0.6 is 0 Å². The van der Waals surface area contributed by atoms with Crippen LogP contribution in [0.4, 0.5) is 0 Å². The van der Waals surface area contributed by atoms with Crippen molar-refractivity contribution < 1.29 is 13.9 Å². The van der Waals surface area contributed by atoms with E-state index in [1.165, 1.54) is 0 Å². The monoisotopic (exact) mass is 403 g/mol. The van der Waals surface area contributed by atoms with Gasteiger partial charge < -0.3 is 13.9 Å². The number of fused-ring (bicyclic) bond motifs is 1. The zero-order chi connectivity index (χ0) is 20.3. The molecule has 154 valence electrons. The van der Waals surface area contributed by atoms with Crippen molar-refractivity contribution in [2.75, 3.05) is 20.2 Å². The third-order valence-electron chi connectivity index (χ3n) is 5.68. The molecule has 1 aliphatic rings. The van der Waals surface area contributed by atoms with Crippen LogP contribution < -0.4 is 9.47 Å². The second kappa shape index (κ2) is 8.24. The standard InChI is InChI=1S/C24H25N3O3/c1-28-21-8-4-5-9-22(21)29-19-10-12-27(13-11-19)16-18-15-25-26-24(18)23-14-17-6-2-3-7-20(17)30-23/h2-9,14-15,19H,10-13,16H2,1H3,(H,25,26). The average Bonchev–Trinajstić information content (AvgIpc) is 3.42. The molecule has 0 aliphatic carbocycles. The number of rotatable bonds is 6. The minimum Gasteiger partial charge on any atom is -0.493 e. The molecule has 0 bridgehead atoms. The van der Waals surface area contributed by atoms with Crippen LogP contribution in [0.1, 0.15) is 18.4 Å². The zero-order valence-corrected chi connectivity index (χ0v) is 17.0. The highest BCUT2D eigenvalue weighted by atomic mass is 16.5. The van der Waals surface area contributed by atoms with E-state index >= 15 is 0 Å². The van der Waals surface area contributed by atoms with E-state index in [1.54, 1.807) is 7.11 Å². The highest BCUT2D eigenvalue weighted by Gasteiger charge is 2.23. The molecule has 1 fully saturated rings. The molecule has 5 rings (SSSR count). The predicted molar refractivity (Wildman–Crippen MR) is 116 cm³/mol. The van der Waals surface area contributed by atoms with Crippen LogP contribution in [-0.2, 0) is 6.54 Å². The molecule has 6 heteroatoms. The maximum atomic E-state index is 6.20. The number of likely N-dealkylation sites (tertiary alicyclic amines) is 1. The number of piperidine rings is 1. The van der Waals surface area contributed by atoms with E-state index in [1.807, 2.05) is 48.7 Å². The van der Waals surface area contributed by atoms with Crippen molar-refractivity contribution >= 4 is 11.0 Å². The van der Waals surface area contributed by atoms with Gasteiger partial charge in [0.2, 0.25) is 0 Å². The summed E-state index contributed by atoms with van der Waals surface area (Å²) in [4.78, 5) is 2.44. The number of ether oxygens (including phenoxy) is 2. The van der Waals surface area contributed by atoms with Gasteiger partial charge in [-0.1, -0.05) is 30.3 Å². The van der Waals surface area contributed by atoms with E-state index in [2.05, 4.69) is 27.2 Å². The van der Waals surface area contributed by atoms with E-state index < -0.39 is 0 Å². The maximum Gasteiger partial charge on any atom is 0.161 e. The lowest BCUT2D eigenvalue weighted by atomic mass is 10.1. The molecule has 0 atom stereocenters. The fourth-order valence-corrected chi connectivity index (χ4v) is 4.07. The number of furan rings is 1. The van der Waals surface area contributed by atoms with Gasteiger partial charge >= 0.3 is 0 Å². The summed E-state index contributed by atoms with van der Waals surface area (Å²) in [5.74, 6) is 2.44. The Balaban J connectivity index is 1.23. The van der Waals surface area contributed by atoms with Crippen LogP contribution in [0.2, 0.25) is 0 Å². The number of hydrogen-bond donors (Lipinski definition) is 1. The molecular formula is C24H25N3O3. The van der Waals surface area contributed by atoms with Crippen molar-refractivity contribution in [1.29, 1.82) is 0 Å². The van der Waals surface area contributed by atoms with Crippen LogP contribution in [0.5, 0.6) is 11.5 Å². The van der Waals surface area contributed by atoms with Crippen molar-refractivity contribution in [3.05, 3.63) is 66.4 Å². The van der Waals surface area contributed by atoms with E-state index in [9.17, 15) is 0 Å². The topological polar surface area (TPSA) is 63.5 Å². The number of H-pyrrole nitrogens is 1. The Bertz CT molecular complexity index is 1090. The average molecular weight is 403 g/mol. The Labute approximate surface area is 175 Å². The lowest BCUT2D eigenvalue weighted by molar-refractivity contribution is 0.0944. The first-order valence-corrected chi connectivity index (χ1v) is 10.3. The Morgan fingerprint density at radius 3 is 2.63 bits per heavy atom. The van der Waals surface area contributed by atoms with Gasteiger partial charge in [-0.2, -0.15) is 5.10 Å². The Hall–Kier alpha value is -3.25. The quantitative estimate of drug-likeness (QED) is 0.497. The molecule has 1 aliphatic heterocycles. The van der Waals surface area contributed by atoms with Gasteiger partial charge in [-0.15, -0.1) is 0 Å². The van der Waals surface area contributed by atoms with Gasteiger partial charge in [-0.3, -0.25) is 10.00 Å². The Morgan fingerprint density at radius 1 is 1.07 bits per heavy atom. The van der Waals surface area contributed by atoms with Gasteiger partial charge in [0.15, 0.2) is 17.3 Å². The molecule has 1 N–H and O–H groups in total. The van der Waals surface area contributed by atoms with Crippen molar-refractivity contribution in [2.24, 2.45) is 0 Å². The SMILES string of the molecule is COc1ccccc1OC1CCN(Cc2cn[nH]c2-c2cc3ccccc3o2)CC1. The summed E-state index contributed by atoms with van der Waals surface area (Å²) < 4.78 is 17.6. The lowest BCUT2D eigenvalue weighted by Crippen LogP contribution is -2.37. The van der Waals surface area contributed by atoms with Crippen molar-refractivity contribution in [3.8, 4) is 23.0 Å². The first-order chi connectivity index (χ1) is 14.8. The lowest BCUT2D eigenvalue weighted by Gasteiger charge is -2.32. The number of para-hydroxylation sites is 3. The molecule has 0 spiro atoms. The second-order valence-electron chi connectivity index (χ2n) is 7.66. The van der Waals surface area contributed by atoms with Crippen molar-refractivity contribution in [1.82, 2.24) is 15.1 Å². The van der Waals surface area contributed by atoms with E-state index in [0.717, 1.165) is 72.0 Å². The van der Waals surface area contributed by atoms with Gasteiger partial charge in [0, 0.05) is 30.6 Å². The van der Waals surface area contributed by atoms with Crippen LogP contribution in [0.25, 0.3) is 22.4 Å². The molecule has 2 aromatic heterocycles. The molecule has 0 saturated carbocycles. The molecule has 0 radical (unpaired) electrons. The number of hydrogen-bond acceptors (Lipinski definition) is 5. The second-order valence-corrected chi connectivity index (χ2v) is 7.66. The number of nitrogens with zero attached hydrogens (tertiary/aromatic N) is 2. The molecule has 3 heterocycles. The number of methoxy groups -OCH3 is 1. The smallest absolute Gasteiger partial charge is 0.161 e. The van der Waals surface area contributed by atoms with Crippen molar-refractivity contribution in [2.45, 2.75) is 25.5 Å². The van der Waals surface area contributed by atoms with Gasteiger partial charge in [0.1, 0.15) is 17.4 Å². The summed E-state index contributed by atoms with van der Waals surface area (Å²) in [6.07, 6.45) is 4.07. The Kier molecular flexibility index (Phi) is 5.15. The molecule has 4 aromatic rings. The first kappa shape index (κ1) is 18.8. The summed E-state index contributed by atoms with van der Waals surface area (Å²) in [6, 6.07) is 18.0. The fraction of sp³-hybridized carbons (Fsp3) is 0.292. The van der Waals surface area contributed by atoms with Crippen molar-refractivity contribution in [3.63, 3.8) is 0 Å². The number of nitrogens with one attached hydrogen (secondary N) is 1. The molecule has 1 saturated heterocycles. The summed E-state index contributed by atoms with van der Waals surface area (Å²) in [7, 11) is 1.68. The van der Waals surface area contributed by atoms with Crippen LogP contribution in [0.3, 0.4) is 0 Å². The van der Waals surface area contributed by atoms with Crippen LogP contribution in [0, 0.1) is 0 Å². The normalized spacial score (nSPS) is 15.5. The number of aromatic amines is 1. The van der Waals surface area contributed by atoms with Crippen LogP contribution in [-0.4, -0.2) is 41.4 Å². The summed E-state index contributed by atoms with van der Waals surface area (Å²) in [6.45, 7) is 2.79. The molecular weight excluding hydrogens is 378 g/mol. The minimum atomic E-state index is 0.205. The summed E-state index contributed by atoms with van der Waals surface area (Å²) in [5.41, 5.74) is 3.00. The largest absolute Gasteiger partial charge is 0.493 e. The molecule has 6 nitrogen and oxygen atoms in total. The van der Waals surface area contributed by atoms with Gasteiger partial charge in [-0.25, -0.2) is 0 Å². The van der Waals surface area contributed by atoms with Crippen LogP contribution in [0.15, 0.2) is 65.2 Å². The van der Waals surface area contributed by atoms with E-state index in [0.29, 0.717) is 0 Å². The van der Waals surface area contributed by atoms with E-state index in [-0.39, 0.29) is 6.10 Å². The zero-order valence-electron chi connectivity index (χ0n) is 17.0. The summed E-state index contributed by atoms with van der Waals surface area (Å²) in [5, 5.41) is 8.49. The third-order valence-corrected chi connectivity index (χ3v) is 5.68. The van der Waals surface area contributed by atoms with Gasteiger partial charge in [0.25, 0.3) is 0 Å². The van der Waals surface area contributed by atoms with Gasteiger partial charge in [-0.05, 0) is 37.1 Å². The van der Waals surface area contributed by atoms with Gasteiger partial charge in [0.05, 0.1) is 13.3 Å². The fourth-order valence-electron chi connectivity index (χ4n) is 4.07. The number of benzene rings is 2. The molecule has 30 heavy (non-hydrogen) atoms. The highest BCUT2D eigenvalue weighted by molar-refractivity contribution is 5.82. The molecule has 0 unspecified atom stereocenters. The summed E-state index contributed by atoms with van der Waals surface area (Å²) >= 11 is 0. The first-order valence-electron chi connectivity index (χ1n) is 10.3. The molecule has 0 amide bonds. The van der Waals surface area contributed by atoms with E-state index in [4.69, 9.17) is 13.9 Å². The third kappa shape index (κ3) is 3.78. The number of aromatic nitrogens is 2. The Morgan fingerprint density at radius 2 is 1.83 bits per heavy atom. The molecule has 2 aromatic carbocycles. The highest BCUT2D eigenvalue weighted by Crippen LogP contribution is 2.31. The minimum absolute atomic E-state index is 0.205. The predicted octanol–water partition coefficient (Wildman–Crippen LogP) is 4.87.